The molecule has 0 unspecified atom stereocenters. The molecule has 0 aliphatic heterocycles. The molecule has 2 aliphatic carbocycles. The van der Waals surface area contributed by atoms with Crippen molar-refractivity contribution in [3.05, 3.63) is 59.4 Å². The van der Waals surface area contributed by atoms with Gasteiger partial charge >= 0.3 is 0 Å². The van der Waals surface area contributed by atoms with Gasteiger partial charge in [0.05, 0.1) is 0 Å². The van der Waals surface area contributed by atoms with Gasteiger partial charge in [-0.1, -0.05) is 43.3 Å². The molecule has 0 aromatic heterocycles. The van der Waals surface area contributed by atoms with Crippen LogP contribution in [0, 0.1) is 29.1 Å². The van der Waals surface area contributed by atoms with Gasteiger partial charge in [0, 0.05) is 0 Å². The summed E-state index contributed by atoms with van der Waals surface area (Å²) in [6.45, 7) is 6.76. The quantitative estimate of drug-likeness (QED) is 0.339. The van der Waals surface area contributed by atoms with Crippen LogP contribution in [-0.4, -0.2) is 0 Å². The van der Waals surface area contributed by atoms with E-state index in [1.54, 1.807) is 6.07 Å². The highest BCUT2D eigenvalue weighted by Crippen LogP contribution is 2.44. The van der Waals surface area contributed by atoms with Crippen molar-refractivity contribution in [1.29, 1.82) is 5.26 Å². The van der Waals surface area contributed by atoms with E-state index in [4.69, 9.17) is 5.26 Å². The smallest absolute Gasteiger partial charge is 0.195 e. The summed E-state index contributed by atoms with van der Waals surface area (Å²) in [5.41, 5.74) is 4.46. The molecule has 1 nitrogen and oxygen atoms in total. The van der Waals surface area contributed by atoms with Gasteiger partial charge in [0.2, 0.25) is 0 Å². The number of nitrogens with zero attached hydrogens (tertiary/aromatic N) is 1. The second kappa shape index (κ2) is 10.8. The van der Waals surface area contributed by atoms with Gasteiger partial charge in [-0.15, -0.1) is 0 Å². The molecule has 29 heavy (non-hydrogen) atoms. The second-order valence-electron chi connectivity index (χ2n) is 9.18. The van der Waals surface area contributed by atoms with Gasteiger partial charge in [-0.25, -0.2) is 0 Å². The first-order chi connectivity index (χ1) is 14.1. The van der Waals surface area contributed by atoms with Gasteiger partial charge in [-0.3, -0.25) is 0 Å². The van der Waals surface area contributed by atoms with Crippen molar-refractivity contribution in [2.75, 3.05) is 0 Å². The van der Waals surface area contributed by atoms with Crippen molar-refractivity contribution in [2.24, 2.45) is 17.8 Å². The lowest BCUT2D eigenvalue weighted by atomic mass is 9.69. The van der Waals surface area contributed by atoms with E-state index in [-0.39, 0.29) is 0 Å². The van der Waals surface area contributed by atoms with Crippen LogP contribution >= 0.6 is 0 Å². The van der Waals surface area contributed by atoms with Crippen LogP contribution in [0.4, 0.5) is 4.39 Å². The molecule has 3 rings (SSSR count). The Balaban J connectivity index is 1.41. The zero-order chi connectivity index (χ0) is 20.6. The van der Waals surface area contributed by atoms with Crippen LogP contribution in [0.1, 0.15) is 88.2 Å². The first-order valence-electron chi connectivity index (χ1n) is 11.6. The van der Waals surface area contributed by atoms with E-state index in [2.05, 4.69) is 37.8 Å². The third-order valence-electron chi connectivity index (χ3n) is 7.49. The summed E-state index contributed by atoms with van der Waals surface area (Å²) in [5.74, 6) is 2.16. The van der Waals surface area contributed by atoms with Crippen molar-refractivity contribution in [3.8, 4) is 6.07 Å². The number of nitriles is 1. The van der Waals surface area contributed by atoms with Crippen LogP contribution in [0.2, 0.25) is 0 Å². The number of hydrogen-bond acceptors (Lipinski definition) is 1. The summed E-state index contributed by atoms with van der Waals surface area (Å²) >= 11 is 0. The molecule has 2 heteroatoms. The average Bonchev–Trinajstić information content (AvgIpc) is 2.79. The highest BCUT2D eigenvalue weighted by molar-refractivity contribution is 5.26. The van der Waals surface area contributed by atoms with E-state index in [9.17, 15) is 4.39 Å². The fourth-order valence-corrected chi connectivity index (χ4v) is 5.47. The molecule has 0 heterocycles. The number of allylic oxidation sites excluding steroid dienone is 3. The lowest BCUT2D eigenvalue weighted by Gasteiger charge is -2.36. The Morgan fingerprint density at radius 1 is 1.03 bits per heavy atom. The highest BCUT2D eigenvalue weighted by atomic mass is 19.1. The van der Waals surface area contributed by atoms with E-state index in [1.165, 1.54) is 74.1 Å². The number of benzene rings is 1. The van der Waals surface area contributed by atoms with Gasteiger partial charge in [0.15, 0.2) is 5.83 Å². The molecule has 2 fully saturated rings. The normalized spacial score (nSPS) is 28.0. The second-order valence-corrected chi connectivity index (χ2v) is 9.18. The molecule has 2 aliphatic rings. The van der Waals surface area contributed by atoms with Crippen molar-refractivity contribution >= 4 is 0 Å². The summed E-state index contributed by atoms with van der Waals surface area (Å²) in [6.07, 6.45) is 14.4. The Kier molecular flexibility index (Phi) is 8.10. The molecule has 0 atom stereocenters. The van der Waals surface area contributed by atoms with Crippen molar-refractivity contribution in [3.63, 3.8) is 0 Å². The van der Waals surface area contributed by atoms with E-state index in [0.29, 0.717) is 24.2 Å². The average molecular weight is 394 g/mol. The topological polar surface area (TPSA) is 23.8 Å². The minimum Gasteiger partial charge on any atom is -0.195 e. The third-order valence-corrected chi connectivity index (χ3v) is 7.49. The molecule has 2 saturated carbocycles. The maximum absolute atomic E-state index is 12.9. The fraction of sp³-hybridized carbons (Fsp3) is 0.593. The molecule has 156 valence electrons. The molecule has 0 bridgehead atoms. The van der Waals surface area contributed by atoms with Crippen LogP contribution in [-0.2, 0) is 6.42 Å². The van der Waals surface area contributed by atoms with Gasteiger partial charge < -0.3 is 0 Å². The first-order valence-corrected chi connectivity index (χ1v) is 11.6. The Morgan fingerprint density at radius 2 is 1.62 bits per heavy atom. The molecule has 0 saturated heterocycles. The Bertz CT molecular complexity index is 723. The van der Waals surface area contributed by atoms with E-state index < -0.39 is 5.83 Å². The SMILES string of the molecule is C=C([C@H]1CC[C@H](CC/C=C(\F)C#N)CC1)[C@H]1CC[C@H](c2ccc(CC)cc2)CC1. The lowest BCUT2D eigenvalue weighted by molar-refractivity contribution is 0.260. The molecule has 1 aromatic rings. The maximum atomic E-state index is 12.9. The summed E-state index contributed by atoms with van der Waals surface area (Å²) in [4.78, 5) is 0. The highest BCUT2D eigenvalue weighted by Gasteiger charge is 2.29. The van der Waals surface area contributed by atoms with E-state index in [1.807, 2.05) is 0 Å². The van der Waals surface area contributed by atoms with Crippen LogP contribution in [0.3, 0.4) is 0 Å². The van der Waals surface area contributed by atoms with Gasteiger partial charge in [0.1, 0.15) is 6.07 Å². The minimum absolute atomic E-state index is 0.635. The minimum atomic E-state index is -0.635. The summed E-state index contributed by atoms with van der Waals surface area (Å²) in [7, 11) is 0. The van der Waals surface area contributed by atoms with Gasteiger partial charge in [0.25, 0.3) is 0 Å². The standard InChI is InChI=1S/C27H36FN/c1-3-21-7-13-25(14-8-21)26-17-15-24(16-18-26)20(2)23-11-9-22(10-12-23)5-4-6-27(28)19-29/h6-8,13-14,22-24,26H,2-5,9-12,15-18H2,1H3/b27-6-/t22-,23-,24-,26-. The third kappa shape index (κ3) is 6.05. The van der Waals surface area contributed by atoms with E-state index in [0.717, 1.165) is 18.8 Å². The molecular formula is C27H36FN. The molecule has 0 N–H and O–H groups in total. The zero-order valence-electron chi connectivity index (χ0n) is 18.0. The van der Waals surface area contributed by atoms with Crippen LogP contribution < -0.4 is 0 Å². The predicted molar refractivity (Wildman–Crippen MR) is 119 cm³/mol. The number of hydrogen-bond donors (Lipinski definition) is 0. The summed E-state index contributed by atoms with van der Waals surface area (Å²) in [5, 5.41) is 8.49. The summed E-state index contributed by atoms with van der Waals surface area (Å²) in [6, 6.07) is 10.8. The van der Waals surface area contributed by atoms with Gasteiger partial charge in [-0.2, -0.15) is 9.65 Å². The van der Waals surface area contributed by atoms with Crippen LogP contribution in [0.5, 0.6) is 0 Å². The van der Waals surface area contributed by atoms with E-state index >= 15 is 0 Å². The number of rotatable bonds is 7. The largest absolute Gasteiger partial charge is 0.196 e. The monoisotopic (exact) mass is 393 g/mol. The lowest BCUT2D eigenvalue weighted by Crippen LogP contribution is -2.22. The molecule has 1 aromatic carbocycles. The summed E-state index contributed by atoms with van der Waals surface area (Å²) < 4.78 is 12.9. The van der Waals surface area contributed by atoms with Crippen molar-refractivity contribution < 1.29 is 4.39 Å². The molecule has 0 amide bonds. The van der Waals surface area contributed by atoms with Crippen molar-refractivity contribution in [2.45, 2.75) is 83.5 Å². The molecular weight excluding hydrogens is 357 g/mol. The first kappa shape index (κ1) is 21.8. The number of aryl methyl sites for hydroxylation is 1. The maximum Gasteiger partial charge on any atom is 0.196 e. The molecule has 0 spiro atoms. The zero-order valence-corrected chi connectivity index (χ0v) is 18.0. The van der Waals surface area contributed by atoms with Crippen molar-refractivity contribution in [1.82, 2.24) is 0 Å². The Labute approximate surface area is 176 Å². The molecule has 0 radical (unpaired) electrons. The van der Waals surface area contributed by atoms with Crippen LogP contribution in [0.15, 0.2) is 48.3 Å². The Morgan fingerprint density at radius 3 is 2.17 bits per heavy atom. The number of halogens is 1. The Hall–Kier alpha value is -1.88. The van der Waals surface area contributed by atoms with Gasteiger partial charge in [-0.05, 0) is 112 Å². The predicted octanol–water partition coefficient (Wildman–Crippen LogP) is 8.04. The fourth-order valence-electron chi connectivity index (χ4n) is 5.47. The van der Waals surface area contributed by atoms with Crippen LogP contribution in [0.25, 0.3) is 0 Å².